The van der Waals surface area contributed by atoms with Crippen LogP contribution in [-0.4, -0.2) is 54.2 Å². The van der Waals surface area contributed by atoms with Crippen molar-refractivity contribution in [3.8, 4) is 11.5 Å². The van der Waals surface area contributed by atoms with Gasteiger partial charge in [-0.05, 0) is 49.5 Å². The number of ether oxygens (including phenoxy) is 2. The van der Waals surface area contributed by atoms with Crippen molar-refractivity contribution >= 4 is 23.9 Å². The molecule has 1 aromatic rings. The Hall–Kier alpha value is -3.65. The van der Waals surface area contributed by atoms with Gasteiger partial charge in [-0.3, -0.25) is 9.79 Å². The first-order valence-electron chi connectivity index (χ1n) is 10.6. The van der Waals surface area contributed by atoms with Crippen LogP contribution in [0.5, 0.6) is 11.5 Å². The number of guanidine groups is 1. The maximum atomic E-state index is 13.8. The van der Waals surface area contributed by atoms with E-state index in [2.05, 4.69) is 9.73 Å². The fourth-order valence-electron chi connectivity index (χ4n) is 3.41. The van der Waals surface area contributed by atoms with Crippen molar-refractivity contribution in [2.24, 2.45) is 16.5 Å². The second kappa shape index (κ2) is 11.4. The Labute approximate surface area is 201 Å². The molecule has 1 aromatic carbocycles. The van der Waals surface area contributed by atoms with E-state index >= 15 is 0 Å². The number of amides is 1. The third-order valence-corrected chi connectivity index (χ3v) is 4.97. The number of unbranched alkanes of at least 4 members (excludes halogenated alkanes) is 1. The number of aliphatic imine (C=N–C) groups is 1. The van der Waals surface area contributed by atoms with E-state index in [9.17, 15) is 41.0 Å². The van der Waals surface area contributed by atoms with Gasteiger partial charge < -0.3 is 31.4 Å². The second-order valence-corrected chi connectivity index (χ2v) is 7.71. The van der Waals surface area contributed by atoms with Crippen molar-refractivity contribution in [2.45, 2.75) is 57.3 Å². The number of aryl methyl sites for hydroxylation is 1. The number of carbonyl (C=O) groups excluding carboxylic acids is 1. The van der Waals surface area contributed by atoms with Gasteiger partial charge in [0.25, 0.3) is 5.91 Å². The molecule has 0 saturated heterocycles. The van der Waals surface area contributed by atoms with Gasteiger partial charge in [0.15, 0.2) is 5.96 Å². The topological polar surface area (TPSA) is 149 Å². The normalized spacial score (nSPS) is 16.2. The summed E-state index contributed by atoms with van der Waals surface area (Å²) in [6.45, 7) is 1.66. The van der Waals surface area contributed by atoms with E-state index < -0.39 is 47.9 Å². The van der Waals surface area contributed by atoms with Gasteiger partial charge in [0.2, 0.25) is 6.10 Å². The molecule has 1 unspecified atom stereocenters. The smallest absolute Gasteiger partial charge is 0.480 e. The van der Waals surface area contributed by atoms with Crippen LogP contribution in [0.1, 0.15) is 37.3 Å². The number of hydrogen-bond donors (Lipinski definition) is 4. The van der Waals surface area contributed by atoms with Crippen molar-refractivity contribution in [2.75, 3.05) is 6.54 Å². The summed E-state index contributed by atoms with van der Waals surface area (Å²) in [7, 11) is 0. The average molecular weight is 526 g/mol. The Morgan fingerprint density at radius 2 is 1.86 bits per heavy atom. The zero-order valence-electron chi connectivity index (χ0n) is 18.9. The SMILES string of the molecule is CCc1cc(OC(F)(F)F)cc2c1O[C@H](C(F)(F)F)C(C(=O)NC(CCCCN=C(N)N)C(=O)O)=C2. The van der Waals surface area contributed by atoms with E-state index in [4.69, 9.17) is 16.2 Å². The number of nitrogens with one attached hydrogen (secondary N) is 1. The van der Waals surface area contributed by atoms with Crippen LogP contribution in [0.4, 0.5) is 26.3 Å². The van der Waals surface area contributed by atoms with E-state index in [0.29, 0.717) is 12.5 Å². The van der Waals surface area contributed by atoms with E-state index in [1.165, 1.54) is 6.92 Å². The number of nitrogens with zero attached hydrogens (tertiary/aromatic N) is 1. The van der Waals surface area contributed by atoms with Crippen molar-refractivity contribution in [1.82, 2.24) is 5.32 Å². The molecule has 1 heterocycles. The van der Waals surface area contributed by atoms with Crippen LogP contribution in [0.15, 0.2) is 22.7 Å². The summed E-state index contributed by atoms with van der Waals surface area (Å²) in [6.07, 6.45) is -11.8. The number of nitrogens with two attached hydrogens (primary N) is 2. The third kappa shape index (κ3) is 7.95. The molecule has 2 atom stereocenters. The molecule has 0 fully saturated rings. The molecule has 0 bridgehead atoms. The van der Waals surface area contributed by atoms with E-state index in [1.54, 1.807) is 0 Å². The van der Waals surface area contributed by atoms with Crippen molar-refractivity contribution in [1.29, 1.82) is 0 Å². The maximum Gasteiger partial charge on any atom is 0.573 e. The van der Waals surface area contributed by atoms with Gasteiger partial charge in [0, 0.05) is 12.1 Å². The highest BCUT2D eigenvalue weighted by Gasteiger charge is 2.49. The molecule has 1 aliphatic rings. The molecule has 0 radical (unpaired) electrons. The molecule has 9 nitrogen and oxygen atoms in total. The van der Waals surface area contributed by atoms with Crippen molar-refractivity contribution < 1.29 is 50.5 Å². The highest BCUT2D eigenvalue weighted by atomic mass is 19.4. The summed E-state index contributed by atoms with van der Waals surface area (Å²) >= 11 is 0. The predicted octanol–water partition coefficient (Wildman–Crippen LogP) is 2.87. The second-order valence-electron chi connectivity index (χ2n) is 7.71. The highest BCUT2D eigenvalue weighted by Crippen LogP contribution is 2.42. The monoisotopic (exact) mass is 526 g/mol. The number of carboxylic acid groups (broad SMARTS) is 1. The molecule has 6 N–H and O–H groups in total. The summed E-state index contributed by atoms with van der Waals surface area (Å²) in [4.78, 5) is 28.0. The molecular formula is C21H24F6N4O5. The number of benzene rings is 1. The Balaban J connectivity index is 2.36. The lowest BCUT2D eigenvalue weighted by molar-refractivity contribution is -0.274. The minimum atomic E-state index is -5.09. The summed E-state index contributed by atoms with van der Waals surface area (Å²) in [5.74, 6) is -4.15. The lowest BCUT2D eigenvalue weighted by Gasteiger charge is -2.30. The van der Waals surface area contributed by atoms with E-state index in [1.807, 2.05) is 5.32 Å². The van der Waals surface area contributed by atoms with Gasteiger partial charge in [-0.1, -0.05) is 6.92 Å². The van der Waals surface area contributed by atoms with Gasteiger partial charge in [-0.15, -0.1) is 13.2 Å². The summed E-state index contributed by atoms with van der Waals surface area (Å²) in [5, 5.41) is 11.4. The quantitative estimate of drug-likeness (QED) is 0.159. The average Bonchev–Trinajstić information content (AvgIpc) is 2.74. The highest BCUT2D eigenvalue weighted by molar-refractivity contribution is 6.02. The Bertz CT molecular complexity index is 1030. The maximum absolute atomic E-state index is 13.8. The minimum Gasteiger partial charge on any atom is -0.480 e. The number of aliphatic carboxylic acids is 1. The van der Waals surface area contributed by atoms with Crippen LogP contribution in [0.2, 0.25) is 0 Å². The number of fused-ring (bicyclic) bond motifs is 1. The molecule has 0 spiro atoms. The Morgan fingerprint density at radius 1 is 1.19 bits per heavy atom. The zero-order chi connectivity index (χ0) is 27.3. The minimum absolute atomic E-state index is 0.00171. The lowest BCUT2D eigenvalue weighted by atomic mass is 9.96. The molecule has 15 heteroatoms. The largest absolute Gasteiger partial charge is 0.573 e. The molecule has 2 rings (SSSR count). The van der Waals surface area contributed by atoms with Gasteiger partial charge in [0.05, 0.1) is 5.57 Å². The number of alkyl halides is 6. The van der Waals surface area contributed by atoms with E-state index in [-0.39, 0.29) is 48.6 Å². The van der Waals surface area contributed by atoms with Crippen LogP contribution >= 0.6 is 0 Å². The van der Waals surface area contributed by atoms with Crippen LogP contribution in [0.25, 0.3) is 6.08 Å². The summed E-state index contributed by atoms with van der Waals surface area (Å²) in [6, 6.07) is 0.112. The predicted molar refractivity (Wildman–Crippen MR) is 115 cm³/mol. The first kappa shape index (κ1) is 28.6. The Morgan fingerprint density at radius 3 is 2.39 bits per heavy atom. The van der Waals surface area contributed by atoms with Crippen LogP contribution < -0.4 is 26.3 Å². The standard InChI is InChI=1S/C21H24F6N4O5/c1-2-10-7-12(36-21(25,26)27)8-11-9-13(16(20(22,23)24)35-15(10)11)17(32)31-14(18(33)34)5-3-4-6-30-19(28)29/h7-9,14,16H,2-6H2,1H3,(H,31,32)(H,33,34)(H4,28,29,30)/t14?,16-/m0/s1. The van der Waals surface area contributed by atoms with Gasteiger partial charge in [-0.25, -0.2) is 4.79 Å². The van der Waals surface area contributed by atoms with Crippen LogP contribution in [-0.2, 0) is 16.0 Å². The molecule has 0 aliphatic carbocycles. The fourth-order valence-corrected chi connectivity index (χ4v) is 3.41. The molecule has 0 aromatic heterocycles. The summed E-state index contributed by atoms with van der Waals surface area (Å²) in [5.41, 5.74) is 9.05. The molecule has 1 amide bonds. The fraction of sp³-hybridized carbons (Fsp3) is 0.476. The Kier molecular flexibility index (Phi) is 9.05. The third-order valence-electron chi connectivity index (χ3n) is 4.97. The number of carbonyl (C=O) groups is 2. The first-order valence-corrected chi connectivity index (χ1v) is 10.6. The lowest BCUT2D eigenvalue weighted by Crippen LogP contribution is -2.47. The number of halogens is 6. The molecule has 0 saturated carbocycles. The van der Waals surface area contributed by atoms with E-state index in [0.717, 1.165) is 12.1 Å². The van der Waals surface area contributed by atoms with Crippen molar-refractivity contribution in [3.05, 3.63) is 28.8 Å². The molecule has 1 aliphatic heterocycles. The van der Waals surface area contributed by atoms with Crippen LogP contribution in [0, 0.1) is 0 Å². The van der Waals surface area contributed by atoms with Gasteiger partial charge in [0.1, 0.15) is 17.5 Å². The van der Waals surface area contributed by atoms with Crippen molar-refractivity contribution in [3.63, 3.8) is 0 Å². The molecule has 36 heavy (non-hydrogen) atoms. The van der Waals surface area contributed by atoms with Crippen LogP contribution in [0.3, 0.4) is 0 Å². The first-order chi connectivity index (χ1) is 16.6. The zero-order valence-corrected chi connectivity index (χ0v) is 18.9. The van der Waals surface area contributed by atoms with Gasteiger partial charge >= 0.3 is 18.5 Å². The molecule has 200 valence electrons. The number of rotatable bonds is 10. The number of carboxylic acids is 1. The molecular weight excluding hydrogens is 502 g/mol. The van der Waals surface area contributed by atoms with Gasteiger partial charge in [-0.2, -0.15) is 13.2 Å². The number of hydrogen-bond acceptors (Lipinski definition) is 5. The summed E-state index contributed by atoms with van der Waals surface area (Å²) < 4.78 is 88.2.